The lowest BCUT2D eigenvalue weighted by Crippen LogP contribution is -2.13. The maximum atomic E-state index is 11.5. The molecule has 0 bridgehead atoms. The zero-order chi connectivity index (χ0) is 16.7. The van der Waals surface area contributed by atoms with Crippen molar-refractivity contribution < 1.29 is 14.6 Å². The SMILES string of the molecule is Cc1cccc(OCCCCC(C(=O)O)c2ccccc2C)c1. The van der Waals surface area contributed by atoms with E-state index in [2.05, 4.69) is 0 Å². The van der Waals surface area contributed by atoms with Gasteiger partial charge >= 0.3 is 5.97 Å². The van der Waals surface area contributed by atoms with E-state index < -0.39 is 11.9 Å². The number of carboxylic acids is 1. The van der Waals surface area contributed by atoms with Crippen molar-refractivity contribution in [2.45, 2.75) is 39.0 Å². The lowest BCUT2D eigenvalue weighted by molar-refractivity contribution is -0.139. The molecule has 0 amide bonds. The maximum absolute atomic E-state index is 11.5. The molecule has 23 heavy (non-hydrogen) atoms. The van der Waals surface area contributed by atoms with Gasteiger partial charge in [-0.1, -0.05) is 36.4 Å². The predicted molar refractivity (Wildman–Crippen MR) is 92.1 cm³/mol. The Bertz CT molecular complexity index is 649. The van der Waals surface area contributed by atoms with Crippen LogP contribution in [-0.4, -0.2) is 17.7 Å². The first-order chi connectivity index (χ1) is 11.1. The quantitative estimate of drug-likeness (QED) is 0.717. The van der Waals surface area contributed by atoms with Crippen molar-refractivity contribution in [3.05, 3.63) is 65.2 Å². The van der Waals surface area contributed by atoms with Gasteiger partial charge in [0.25, 0.3) is 0 Å². The first-order valence-corrected chi connectivity index (χ1v) is 8.05. The van der Waals surface area contributed by atoms with Gasteiger partial charge in [-0.3, -0.25) is 4.79 Å². The smallest absolute Gasteiger partial charge is 0.310 e. The third-order valence-electron chi connectivity index (χ3n) is 4.01. The van der Waals surface area contributed by atoms with Crippen LogP contribution in [0.4, 0.5) is 0 Å². The van der Waals surface area contributed by atoms with Crippen LogP contribution in [-0.2, 0) is 4.79 Å². The molecule has 1 N–H and O–H groups in total. The second-order valence-corrected chi connectivity index (χ2v) is 5.91. The first kappa shape index (κ1) is 17.1. The molecule has 0 saturated carbocycles. The summed E-state index contributed by atoms with van der Waals surface area (Å²) >= 11 is 0. The number of ether oxygens (including phenoxy) is 1. The third kappa shape index (κ3) is 5.13. The molecule has 2 rings (SSSR count). The van der Waals surface area contributed by atoms with E-state index in [1.165, 1.54) is 5.56 Å². The Hall–Kier alpha value is -2.29. The molecule has 2 aromatic rings. The summed E-state index contributed by atoms with van der Waals surface area (Å²) in [5.74, 6) is -0.312. The third-order valence-corrected chi connectivity index (χ3v) is 4.01. The number of carboxylic acid groups (broad SMARTS) is 1. The maximum Gasteiger partial charge on any atom is 0.310 e. The summed E-state index contributed by atoms with van der Waals surface area (Å²) < 4.78 is 5.71. The Morgan fingerprint density at radius 2 is 1.87 bits per heavy atom. The van der Waals surface area contributed by atoms with E-state index in [-0.39, 0.29) is 0 Å². The van der Waals surface area contributed by atoms with Crippen molar-refractivity contribution in [2.75, 3.05) is 6.61 Å². The molecule has 0 fully saturated rings. The van der Waals surface area contributed by atoms with Crippen LogP contribution in [0.1, 0.15) is 41.9 Å². The van der Waals surface area contributed by atoms with Crippen LogP contribution in [0.15, 0.2) is 48.5 Å². The number of hydrogen-bond acceptors (Lipinski definition) is 2. The highest BCUT2D eigenvalue weighted by atomic mass is 16.5. The fraction of sp³-hybridized carbons (Fsp3) is 0.350. The summed E-state index contributed by atoms with van der Waals surface area (Å²) in [5, 5.41) is 9.48. The van der Waals surface area contributed by atoms with Gasteiger partial charge in [-0.2, -0.15) is 0 Å². The molecule has 0 spiro atoms. The van der Waals surface area contributed by atoms with Crippen molar-refractivity contribution in [1.82, 2.24) is 0 Å². The number of rotatable bonds is 8. The highest BCUT2D eigenvalue weighted by Crippen LogP contribution is 2.25. The number of aryl methyl sites for hydroxylation is 2. The molecule has 1 unspecified atom stereocenters. The van der Waals surface area contributed by atoms with E-state index in [1.807, 2.05) is 62.4 Å². The van der Waals surface area contributed by atoms with Crippen molar-refractivity contribution in [2.24, 2.45) is 0 Å². The molecule has 1 atom stereocenters. The van der Waals surface area contributed by atoms with Gasteiger partial charge in [0.15, 0.2) is 0 Å². The molecule has 0 aliphatic heterocycles. The van der Waals surface area contributed by atoms with E-state index in [9.17, 15) is 9.90 Å². The van der Waals surface area contributed by atoms with Crippen LogP contribution in [0.25, 0.3) is 0 Å². The van der Waals surface area contributed by atoms with E-state index in [4.69, 9.17) is 4.74 Å². The Labute approximate surface area is 137 Å². The Balaban J connectivity index is 1.81. The van der Waals surface area contributed by atoms with Gasteiger partial charge in [-0.25, -0.2) is 0 Å². The minimum atomic E-state index is -0.751. The summed E-state index contributed by atoms with van der Waals surface area (Å²) in [7, 11) is 0. The number of carbonyl (C=O) groups is 1. The summed E-state index contributed by atoms with van der Waals surface area (Å²) in [4.78, 5) is 11.5. The Kier molecular flexibility index (Phi) is 6.21. The van der Waals surface area contributed by atoms with Gasteiger partial charge in [-0.05, 0) is 61.9 Å². The summed E-state index contributed by atoms with van der Waals surface area (Å²) in [6.07, 6.45) is 2.32. The van der Waals surface area contributed by atoms with Gasteiger partial charge in [0, 0.05) is 0 Å². The van der Waals surface area contributed by atoms with Crippen molar-refractivity contribution in [1.29, 1.82) is 0 Å². The van der Waals surface area contributed by atoms with Crippen LogP contribution in [0.3, 0.4) is 0 Å². The second-order valence-electron chi connectivity index (χ2n) is 5.91. The minimum absolute atomic E-state index is 0.435. The molecule has 2 aromatic carbocycles. The highest BCUT2D eigenvalue weighted by molar-refractivity contribution is 5.76. The number of unbranched alkanes of at least 4 members (excludes halogenated alkanes) is 1. The molecular weight excluding hydrogens is 288 g/mol. The Morgan fingerprint density at radius 3 is 2.57 bits per heavy atom. The number of benzene rings is 2. The van der Waals surface area contributed by atoms with Crippen molar-refractivity contribution >= 4 is 5.97 Å². The summed E-state index contributed by atoms with van der Waals surface area (Å²) in [6, 6.07) is 15.7. The zero-order valence-electron chi connectivity index (χ0n) is 13.8. The van der Waals surface area contributed by atoms with E-state index >= 15 is 0 Å². The average Bonchev–Trinajstić information content (AvgIpc) is 2.52. The summed E-state index contributed by atoms with van der Waals surface area (Å²) in [6.45, 7) is 4.61. The van der Waals surface area contributed by atoms with Crippen molar-refractivity contribution in [3.8, 4) is 5.75 Å². The summed E-state index contributed by atoms with van der Waals surface area (Å²) in [5.41, 5.74) is 3.13. The fourth-order valence-corrected chi connectivity index (χ4v) is 2.74. The largest absolute Gasteiger partial charge is 0.494 e. The van der Waals surface area contributed by atoms with Gasteiger partial charge in [0.05, 0.1) is 12.5 Å². The first-order valence-electron chi connectivity index (χ1n) is 8.05. The van der Waals surface area contributed by atoms with Crippen LogP contribution >= 0.6 is 0 Å². The van der Waals surface area contributed by atoms with Crippen LogP contribution in [0.2, 0.25) is 0 Å². The van der Waals surface area contributed by atoms with Gasteiger partial charge in [0.2, 0.25) is 0 Å². The molecule has 0 aliphatic carbocycles. The van der Waals surface area contributed by atoms with Gasteiger partial charge < -0.3 is 9.84 Å². The van der Waals surface area contributed by atoms with E-state index in [0.29, 0.717) is 13.0 Å². The van der Waals surface area contributed by atoms with Crippen LogP contribution in [0, 0.1) is 13.8 Å². The van der Waals surface area contributed by atoms with Gasteiger partial charge in [0.1, 0.15) is 5.75 Å². The molecule has 3 heteroatoms. The molecule has 0 heterocycles. The lowest BCUT2D eigenvalue weighted by atomic mass is 9.90. The molecular formula is C20H24O3. The molecule has 3 nitrogen and oxygen atoms in total. The normalized spacial score (nSPS) is 11.9. The lowest BCUT2D eigenvalue weighted by Gasteiger charge is -2.15. The average molecular weight is 312 g/mol. The highest BCUT2D eigenvalue weighted by Gasteiger charge is 2.20. The minimum Gasteiger partial charge on any atom is -0.494 e. The Morgan fingerprint density at radius 1 is 1.09 bits per heavy atom. The monoisotopic (exact) mass is 312 g/mol. The zero-order valence-corrected chi connectivity index (χ0v) is 13.8. The predicted octanol–water partition coefficient (Wildman–Crippen LogP) is 4.72. The van der Waals surface area contributed by atoms with Crippen molar-refractivity contribution in [3.63, 3.8) is 0 Å². The molecule has 0 saturated heterocycles. The number of aliphatic carboxylic acids is 1. The molecule has 0 aliphatic rings. The fourth-order valence-electron chi connectivity index (χ4n) is 2.74. The number of hydrogen-bond donors (Lipinski definition) is 1. The van der Waals surface area contributed by atoms with Gasteiger partial charge in [-0.15, -0.1) is 0 Å². The molecule has 0 radical (unpaired) electrons. The van der Waals surface area contributed by atoms with Crippen LogP contribution < -0.4 is 4.74 Å². The van der Waals surface area contributed by atoms with E-state index in [1.54, 1.807) is 0 Å². The topological polar surface area (TPSA) is 46.5 Å². The second kappa shape index (κ2) is 8.37. The molecule has 122 valence electrons. The molecule has 0 aromatic heterocycles. The standard InChI is InChI=1S/C20H24O3/c1-15-8-7-10-17(14-15)23-13-6-5-12-19(20(21)22)18-11-4-3-9-16(18)2/h3-4,7-11,14,19H,5-6,12-13H2,1-2H3,(H,21,22). The van der Waals surface area contributed by atoms with Crippen LogP contribution in [0.5, 0.6) is 5.75 Å². The van der Waals surface area contributed by atoms with E-state index in [0.717, 1.165) is 29.7 Å².